The highest BCUT2D eigenvalue weighted by molar-refractivity contribution is 9.10. The standard InChI is InChI=1S/C16H20BrN3O4/c17-12-5-4-6-13(9-12)24-11-15(22)19-18-14(21)10-20-8-3-1-2-7-16(20)23/h4-6,9H,1-3,7-8,10-11H2,(H,18,21)(H,19,22). The number of hydrogen-bond donors (Lipinski definition) is 2. The molecule has 0 saturated carbocycles. The molecule has 0 atom stereocenters. The zero-order valence-corrected chi connectivity index (χ0v) is 14.8. The van der Waals surface area contributed by atoms with E-state index in [2.05, 4.69) is 26.8 Å². The summed E-state index contributed by atoms with van der Waals surface area (Å²) in [6.45, 7) is 0.303. The van der Waals surface area contributed by atoms with Gasteiger partial charge in [0.25, 0.3) is 11.8 Å². The van der Waals surface area contributed by atoms with Crippen LogP contribution in [-0.2, 0) is 14.4 Å². The zero-order chi connectivity index (χ0) is 17.4. The molecule has 1 fully saturated rings. The smallest absolute Gasteiger partial charge is 0.276 e. The predicted octanol–water partition coefficient (Wildman–Crippen LogP) is 1.38. The third kappa shape index (κ3) is 6.19. The van der Waals surface area contributed by atoms with Crippen LogP contribution in [0, 0.1) is 0 Å². The number of benzene rings is 1. The van der Waals surface area contributed by atoms with Crippen LogP contribution >= 0.6 is 15.9 Å². The van der Waals surface area contributed by atoms with Gasteiger partial charge in [-0.05, 0) is 31.0 Å². The molecule has 1 aliphatic heterocycles. The van der Waals surface area contributed by atoms with Crippen molar-refractivity contribution in [3.05, 3.63) is 28.7 Å². The van der Waals surface area contributed by atoms with Gasteiger partial charge in [0, 0.05) is 17.4 Å². The first-order chi connectivity index (χ1) is 11.5. The summed E-state index contributed by atoms with van der Waals surface area (Å²) in [6.07, 6.45) is 3.22. The lowest BCUT2D eigenvalue weighted by atomic mass is 10.2. The number of ether oxygens (including phenoxy) is 1. The molecule has 2 rings (SSSR count). The first-order valence-corrected chi connectivity index (χ1v) is 8.58. The number of hydrazine groups is 1. The third-order valence-electron chi connectivity index (χ3n) is 3.51. The molecule has 0 aliphatic carbocycles. The molecule has 1 aromatic rings. The summed E-state index contributed by atoms with van der Waals surface area (Å²) in [4.78, 5) is 36.8. The molecule has 3 amide bonds. The Hall–Kier alpha value is -2.09. The van der Waals surface area contributed by atoms with E-state index in [1.165, 1.54) is 4.90 Å². The predicted molar refractivity (Wildman–Crippen MR) is 91.0 cm³/mol. The van der Waals surface area contributed by atoms with Gasteiger partial charge in [-0.3, -0.25) is 25.2 Å². The molecule has 1 heterocycles. The maximum absolute atomic E-state index is 11.8. The topological polar surface area (TPSA) is 87.7 Å². The summed E-state index contributed by atoms with van der Waals surface area (Å²) in [5, 5.41) is 0. The molecule has 2 N–H and O–H groups in total. The summed E-state index contributed by atoms with van der Waals surface area (Å²) in [7, 11) is 0. The normalized spacial score (nSPS) is 14.7. The lowest BCUT2D eigenvalue weighted by Crippen LogP contribution is -2.48. The van der Waals surface area contributed by atoms with Gasteiger partial charge in [-0.25, -0.2) is 0 Å². The maximum atomic E-state index is 11.8. The van der Waals surface area contributed by atoms with Gasteiger partial charge in [0.1, 0.15) is 12.3 Å². The average Bonchev–Trinajstić information content (AvgIpc) is 2.76. The zero-order valence-electron chi connectivity index (χ0n) is 13.2. The van der Waals surface area contributed by atoms with E-state index in [0.29, 0.717) is 18.7 Å². The Kier molecular flexibility index (Phi) is 7.05. The van der Waals surface area contributed by atoms with Crippen molar-refractivity contribution in [1.82, 2.24) is 15.8 Å². The lowest BCUT2D eigenvalue weighted by Gasteiger charge is -2.19. The Morgan fingerprint density at radius 2 is 1.96 bits per heavy atom. The Balaban J connectivity index is 1.69. The highest BCUT2D eigenvalue weighted by atomic mass is 79.9. The molecule has 130 valence electrons. The molecule has 0 spiro atoms. The first kappa shape index (κ1) is 18.3. The molecular weight excluding hydrogens is 378 g/mol. The highest BCUT2D eigenvalue weighted by Gasteiger charge is 2.19. The monoisotopic (exact) mass is 397 g/mol. The van der Waals surface area contributed by atoms with Crippen molar-refractivity contribution in [2.45, 2.75) is 25.7 Å². The van der Waals surface area contributed by atoms with Gasteiger partial charge in [0.05, 0.1) is 0 Å². The van der Waals surface area contributed by atoms with Crippen LogP contribution in [0.4, 0.5) is 0 Å². The molecule has 7 nitrogen and oxygen atoms in total. The summed E-state index contributed by atoms with van der Waals surface area (Å²) in [5.74, 6) is -0.389. The van der Waals surface area contributed by atoms with Gasteiger partial charge in [0.2, 0.25) is 5.91 Å². The number of rotatable bonds is 5. The minimum Gasteiger partial charge on any atom is -0.484 e. The Morgan fingerprint density at radius 1 is 1.17 bits per heavy atom. The number of nitrogens with zero attached hydrogens (tertiary/aromatic N) is 1. The number of nitrogens with one attached hydrogen (secondary N) is 2. The van der Waals surface area contributed by atoms with E-state index in [0.717, 1.165) is 23.7 Å². The third-order valence-corrected chi connectivity index (χ3v) is 4.01. The van der Waals surface area contributed by atoms with Crippen molar-refractivity contribution >= 4 is 33.7 Å². The number of carbonyl (C=O) groups is 3. The van der Waals surface area contributed by atoms with Crippen molar-refractivity contribution < 1.29 is 19.1 Å². The molecule has 1 saturated heterocycles. The fourth-order valence-corrected chi connectivity index (χ4v) is 2.68. The summed E-state index contributed by atoms with van der Waals surface area (Å²) >= 11 is 3.31. The van der Waals surface area contributed by atoms with Crippen LogP contribution < -0.4 is 15.6 Å². The van der Waals surface area contributed by atoms with Gasteiger partial charge < -0.3 is 9.64 Å². The molecule has 1 aliphatic rings. The van der Waals surface area contributed by atoms with Gasteiger partial charge >= 0.3 is 0 Å². The Bertz CT molecular complexity index is 609. The lowest BCUT2D eigenvalue weighted by molar-refractivity contribution is -0.136. The second kappa shape index (κ2) is 9.27. The SMILES string of the molecule is O=C(COc1cccc(Br)c1)NNC(=O)CN1CCCCCC1=O. The average molecular weight is 398 g/mol. The molecular formula is C16H20BrN3O4. The molecule has 0 unspecified atom stereocenters. The van der Waals surface area contributed by atoms with Crippen LogP contribution in [0.3, 0.4) is 0 Å². The number of carbonyl (C=O) groups excluding carboxylic acids is 3. The number of amides is 3. The van der Waals surface area contributed by atoms with E-state index >= 15 is 0 Å². The van der Waals surface area contributed by atoms with E-state index in [4.69, 9.17) is 4.74 Å². The van der Waals surface area contributed by atoms with Crippen LogP contribution in [0.2, 0.25) is 0 Å². The Morgan fingerprint density at radius 3 is 2.75 bits per heavy atom. The van der Waals surface area contributed by atoms with E-state index in [9.17, 15) is 14.4 Å². The second-order valence-electron chi connectivity index (χ2n) is 5.47. The second-order valence-corrected chi connectivity index (χ2v) is 6.38. The molecule has 0 bridgehead atoms. The van der Waals surface area contributed by atoms with Crippen LogP contribution in [0.25, 0.3) is 0 Å². The van der Waals surface area contributed by atoms with Crippen molar-refractivity contribution in [3.63, 3.8) is 0 Å². The van der Waals surface area contributed by atoms with Gasteiger partial charge in [0.15, 0.2) is 6.61 Å². The minimum atomic E-state index is -0.481. The summed E-state index contributed by atoms with van der Waals surface area (Å²) < 4.78 is 6.15. The van der Waals surface area contributed by atoms with Gasteiger partial charge in [-0.15, -0.1) is 0 Å². The Labute approximate surface area is 148 Å². The van der Waals surface area contributed by atoms with Crippen LogP contribution in [0.1, 0.15) is 25.7 Å². The molecule has 8 heteroatoms. The largest absolute Gasteiger partial charge is 0.484 e. The van der Waals surface area contributed by atoms with Crippen molar-refractivity contribution in [2.75, 3.05) is 19.7 Å². The van der Waals surface area contributed by atoms with Gasteiger partial charge in [-0.1, -0.05) is 28.4 Å². The number of hydrogen-bond acceptors (Lipinski definition) is 4. The van der Waals surface area contributed by atoms with Crippen LogP contribution in [0.15, 0.2) is 28.7 Å². The number of halogens is 1. The van der Waals surface area contributed by atoms with E-state index in [1.807, 2.05) is 6.07 Å². The van der Waals surface area contributed by atoms with Crippen LogP contribution in [-0.4, -0.2) is 42.3 Å². The molecule has 0 aromatic heterocycles. The van der Waals surface area contributed by atoms with Crippen LogP contribution in [0.5, 0.6) is 5.75 Å². The van der Waals surface area contributed by atoms with Crippen molar-refractivity contribution in [2.24, 2.45) is 0 Å². The fourth-order valence-electron chi connectivity index (χ4n) is 2.30. The van der Waals surface area contributed by atoms with Crippen molar-refractivity contribution in [3.8, 4) is 5.75 Å². The quantitative estimate of drug-likeness (QED) is 0.734. The fraction of sp³-hybridized carbons (Fsp3) is 0.438. The van der Waals surface area contributed by atoms with Crippen molar-refractivity contribution in [1.29, 1.82) is 0 Å². The minimum absolute atomic E-state index is 0.0213. The molecule has 24 heavy (non-hydrogen) atoms. The van der Waals surface area contributed by atoms with E-state index in [1.54, 1.807) is 18.2 Å². The molecule has 1 aromatic carbocycles. The highest BCUT2D eigenvalue weighted by Crippen LogP contribution is 2.17. The van der Waals surface area contributed by atoms with E-state index in [-0.39, 0.29) is 19.1 Å². The first-order valence-electron chi connectivity index (χ1n) is 7.78. The number of likely N-dealkylation sites (tertiary alicyclic amines) is 1. The summed E-state index contributed by atoms with van der Waals surface area (Å²) in [6, 6.07) is 7.09. The summed E-state index contributed by atoms with van der Waals surface area (Å²) in [5.41, 5.74) is 4.57. The van der Waals surface area contributed by atoms with Gasteiger partial charge in [-0.2, -0.15) is 0 Å². The van der Waals surface area contributed by atoms with E-state index < -0.39 is 11.8 Å². The maximum Gasteiger partial charge on any atom is 0.276 e. The molecule has 0 radical (unpaired) electrons.